The number of carbonyl (C=O) groups is 1. The number of benzene rings is 1. The molecule has 0 unspecified atom stereocenters. The lowest BCUT2D eigenvalue weighted by atomic mass is 10.0. The molecule has 0 radical (unpaired) electrons. The van der Waals surface area contributed by atoms with Crippen molar-refractivity contribution in [2.24, 2.45) is 0 Å². The molecular formula is C15H18BrNO2S. The molecule has 1 aliphatic heterocycles. The van der Waals surface area contributed by atoms with Crippen LogP contribution in [0.25, 0.3) is 5.70 Å². The standard InChI is InChI=1S/C15H18BrNO2S/c1-3-17-14(5-4-6-15(17)18)12-8-7-11(9-13(12)16)19-10-20-2/h5,7-9H,3-4,6,10H2,1-2H3. The van der Waals surface area contributed by atoms with Gasteiger partial charge in [0.25, 0.3) is 0 Å². The van der Waals surface area contributed by atoms with Gasteiger partial charge in [-0.3, -0.25) is 4.79 Å². The number of allylic oxidation sites excluding steroid dienone is 1. The molecule has 0 saturated carbocycles. The van der Waals surface area contributed by atoms with Gasteiger partial charge in [0.1, 0.15) is 11.7 Å². The average molecular weight is 356 g/mol. The van der Waals surface area contributed by atoms with Gasteiger partial charge in [-0.05, 0) is 53.7 Å². The average Bonchev–Trinajstić information content (AvgIpc) is 2.45. The highest BCUT2D eigenvalue weighted by atomic mass is 79.9. The molecular weight excluding hydrogens is 338 g/mol. The van der Waals surface area contributed by atoms with Crippen molar-refractivity contribution in [1.29, 1.82) is 0 Å². The summed E-state index contributed by atoms with van der Waals surface area (Å²) in [6, 6.07) is 5.91. The van der Waals surface area contributed by atoms with Crippen LogP contribution < -0.4 is 4.74 Å². The van der Waals surface area contributed by atoms with Crippen LogP contribution in [0.15, 0.2) is 28.7 Å². The van der Waals surface area contributed by atoms with E-state index in [1.165, 1.54) is 0 Å². The van der Waals surface area contributed by atoms with Crippen LogP contribution >= 0.6 is 27.7 Å². The topological polar surface area (TPSA) is 29.5 Å². The van der Waals surface area contributed by atoms with Crippen molar-refractivity contribution in [2.75, 3.05) is 18.7 Å². The summed E-state index contributed by atoms with van der Waals surface area (Å²) in [5.74, 6) is 1.66. The van der Waals surface area contributed by atoms with Crippen LogP contribution in [-0.2, 0) is 4.79 Å². The molecule has 0 atom stereocenters. The van der Waals surface area contributed by atoms with Gasteiger partial charge in [-0.1, -0.05) is 6.08 Å². The van der Waals surface area contributed by atoms with E-state index in [1.807, 2.05) is 36.3 Å². The van der Waals surface area contributed by atoms with Crippen molar-refractivity contribution in [3.8, 4) is 5.75 Å². The third kappa shape index (κ3) is 3.38. The number of hydrogen-bond donors (Lipinski definition) is 0. The second-order valence-corrected chi connectivity index (χ2v) is 6.13. The summed E-state index contributed by atoms with van der Waals surface area (Å²) in [5.41, 5.74) is 2.03. The molecule has 3 nitrogen and oxygen atoms in total. The van der Waals surface area contributed by atoms with Gasteiger partial charge < -0.3 is 9.64 Å². The van der Waals surface area contributed by atoms with E-state index in [9.17, 15) is 4.79 Å². The number of ether oxygens (including phenoxy) is 1. The molecule has 1 aliphatic rings. The maximum absolute atomic E-state index is 12.0. The Morgan fingerprint density at radius 2 is 2.25 bits per heavy atom. The van der Waals surface area contributed by atoms with E-state index in [-0.39, 0.29) is 5.91 Å². The van der Waals surface area contributed by atoms with Crippen LogP contribution in [0.4, 0.5) is 0 Å². The highest BCUT2D eigenvalue weighted by Gasteiger charge is 2.22. The fourth-order valence-electron chi connectivity index (χ4n) is 2.23. The molecule has 1 heterocycles. The SMILES string of the molecule is CCN1C(=O)CCC=C1c1ccc(OCSC)cc1Br. The number of nitrogens with zero attached hydrogens (tertiary/aromatic N) is 1. The molecule has 1 aromatic carbocycles. The fraction of sp³-hybridized carbons (Fsp3) is 0.400. The molecule has 108 valence electrons. The summed E-state index contributed by atoms with van der Waals surface area (Å²) in [6.07, 6.45) is 5.54. The Morgan fingerprint density at radius 1 is 1.45 bits per heavy atom. The monoisotopic (exact) mass is 355 g/mol. The Balaban J connectivity index is 2.28. The van der Waals surface area contributed by atoms with Gasteiger partial charge >= 0.3 is 0 Å². The van der Waals surface area contributed by atoms with Crippen LogP contribution in [0, 0.1) is 0 Å². The van der Waals surface area contributed by atoms with Gasteiger partial charge in [0.15, 0.2) is 0 Å². The Hall–Kier alpha value is -0.940. The summed E-state index contributed by atoms with van der Waals surface area (Å²) < 4.78 is 6.54. The number of amides is 1. The maximum atomic E-state index is 12.0. The predicted molar refractivity (Wildman–Crippen MR) is 87.8 cm³/mol. The van der Waals surface area contributed by atoms with Gasteiger partial charge in [0, 0.05) is 28.7 Å². The van der Waals surface area contributed by atoms with Crippen LogP contribution in [0.3, 0.4) is 0 Å². The Labute approximate surface area is 132 Å². The normalized spacial score (nSPS) is 15.2. The second-order valence-electron chi connectivity index (χ2n) is 4.46. The van der Waals surface area contributed by atoms with Crippen LogP contribution in [-0.4, -0.2) is 29.5 Å². The Morgan fingerprint density at radius 3 is 2.90 bits per heavy atom. The minimum Gasteiger partial charge on any atom is -0.483 e. The number of thioether (sulfide) groups is 1. The van der Waals surface area contributed by atoms with Gasteiger partial charge in [0.05, 0.1) is 0 Å². The maximum Gasteiger partial charge on any atom is 0.227 e. The van der Waals surface area contributed by atoms with Gasteiger partial charge in [-0.25, -0.2) is 0 Å². The van der Waals surface area contributed by atoms with Crippen molar-refractivity contribution >= 4 is 39.3 Å². The molecule has 0 fully saturated rings. The second kappa shape index (κ2) is 7.18. The zero-order valence-corrected chi connectivity index (χ0v) is 14.1. The fourth-order valence-corrected chi connectivity index (χ4v) is 3.05. The summed E-state index contributed by atoms with van der Waals surface area (Å²) in [4.78, 5) is 13.8. The van der Waals surface area contributed by atoms with Crippen molar-refractivity contribution in [3.63, 3.8) is 0 Å². The Kier molecular flexibility index (Phi) is 5.54. The summed E-state index contributed by atoms with van der Waals surface area (Å²) >= 11 is 5.22. The quantitative estimate of drug-likeness (QED) is 0.743. The first-order valence-electron chi connectivity index (χ1n) is 6.59. The minimum absolute atomic E-state index is 0.194. The lowest BCUT2D eigenvalue weighted by Gasteiger charge is -2.28. The van der Waals surface area contributed by atoms with E-state index < -0.39 is 0 Å². The molecule has 2 rings (SSSR count). The molecule has 1 aromatic rings. The van der Waals surface area contributed by atoms with E-state index >= 15 is 0 Å². The van der Waals surface area contributed by atoms with Crippen molar-refractivity contribution in [1.82, 2.24) is 4.90 Å². The van der Waals surface area contributed by atoms with Gasteiger partial charge in [0.2, 0.25) is 5.91 Å². The highest BCUT2D eigenvalue weighted by Crippen LogP contribution is 2.33. The van der Waals surface area contributed by atoms with Crippen LogP contribution in [0.2, 0.25) is 0 Å². The summed E-state index contributed by atoms with van der Waals surface area (Å²) in [6.45, 7) is 2.70. The molecule has 0 spiro atoms. The molecule has 0 bridgehead atoms. The lowest BCUT2D eigenvalue weighted by molar-refractivity contribution is -0.128. The Bertz CT molecular complexity index is 531. The molecule has 0 N–H and O–H groups in total. The smallest absolute Gasteiger partial charge is 0.227 e. The largest absolute Gasteiger partial charge is 0.483 e. The number of carbonyl (C=O) groups excluding carboxylic acids is 1. The molecule has 20 heavy (non-hydrogen) atoms. The third-order valence-electron chi connectivity index (χ3n) is 3.16. The van der Waals surface area contributed by atoms with Crippen LogP contribution in [0.1, 0.15) is 25.3 Å². The van der Waals surface area contributed by atoms with Crippen LogP contribution in [0.5, 0.6) is 5.75 Å². The van der Waals surface area contributed by atoms with Crippen molar-refractivity contribution in [2.45, 2.75) is 19.8 Å². The molecule has 5 heteroatoms. The molecule has 0 aromatic heterocycles. The first-order chi connectivity index (χ1) is 9.67. The van der Waals surface area contributed by atoms with E-state index in [0.717, 1.165) is 27.9 Å². The van der Waals surface area contributed by atoms with E-state index in [2.05, 4.69) is 22.0 Å². The van der Waals surface area contributed by atoms with Gasteiger partial charge in [-0.15, -0.1) is 11.8 Å². The minimum atomic E-state index is 0.194. The predicted octanol–water partition coefficient (Wildman–Crippen LogP) is 4.13. The van der Waals surface area contributed by atoms with Crippen molar-refractivity contribution < 1.29 is 9.53 Å². The number of halogens is 1. The molecule has 0 saturated heterocycles. The molecule has 0 aliphatic carbocycles. The zero-order chi connectivity index (χ0) is 14.5. The first kappa shape index (κ1) is 15.4. The van der Waals surface area contributed by atoms with E-state index in [0.29, 0.717) is 18.9 Å². The summed E-state index contributed by atoms with van der Waals surface area (Å²) in [7, 11) is 0. The van der Waals surface area contributed by atoms with E-state index in [4.69, 9.17) is 4.74 Å². The van der Waals surface area contributed by atoms with Gasteiger partial charge in [-0.2, -0.15) is 0 Å². The van der Waals surface area contributed by atoms with Crippen molar-refractivity contribution in [3.05, 3.63) is 34.3 Å². The third-order valence-corrected chi connectivity index (χ3v) is 4.17. The number of rotatable bonds is 5. The highest BCUT2D eigenvalue weighted by molar-refractivity contribution is 9.10. The van der Waals surface area contributed by atoms with E-state index in [1.54, 1.807) is 11.8 Å². The molecule has 1 amide bonds. The lowest BCUT2D eigenvalue weighted by Crippen LogP contribution is -2.31. The zero-order valence-electron chi connectivity index (χ0n) is 11.7. The summed E-state index contributed by atoms with van der Waals surface area (Å²) in [5, 5.41) is 0. The first-order valence-corrected chi connectivity index (χ1v) is 8.78. The number of hydrogen-bond acceptors (Lipinski definition) is 3.